The zero-order valence-electron chi connectivity index (χ0n) is 15.6. The molecule has 1 amide bonds. The first kappa shape index (κ1) is 19.8. The normalized spacial score (nSPS) is 12.0. The number of carbonyl (C=O) groups excluding carboxylic acids is 1. The van der Waals surface area contributed by atoms with Crippen LogP contribution < -0.4 is 4.80 Å². The van der Waals surface area contributed by atoms with Crippen LogP contribution in [-0.2, 0) is 22.5 Å². The van der Waals surface area contributed by atoms with Crippen molar-refractivity contribution in [2.24, 2.45) is 4.99 Å². The number of ether oxygens (including phenoxy) is 1. The van der Waals surface area contributed by atoms with E-state index >= 15 is 0 Å². The third-order valence-corrected chi connectivity index (χ3v) is 5.84. The third kappa shape index (κ3) is 4.86. The zero-order chi connectivity index (χ0) is 19.2. The number of hydrogen-bond donors (Lipinski definition) is 0. The summed E-state index contributed by atoms with van der Waals surface area (Å²) in [6.45, 7) is 5.83. The number of amides is 1. The van der Waals surface area contributed by atoms with Crippen molar-refractivity contribution in [3.05, 3.63) is 63.4 Å². The lowest BCUT2D eigenvalue weighted by molar-refractivity contribution is -0.118. The molecule has 2 aromatic carbocycles. The molecule has 0 fully saturated rings. The van der Waals surface area contributed by atoms with Gasteiger partial charge in [-0.05, 0) is 43.5 Å². The minimum atomic E-state index is -0.112. The molecule has 0 radical (unpaired) electrons. The molecule has 0 saturated heterocycles. The number of thiazole rings is 1. The average Bonchev–Trinajstić information content (AvgIpc) is 3.02. The molecule has 1 heterocycles. The van der Waals surface area contributed by atoms with Crippen LogP contribution in [-0.4, -0.2) is 23.7 Å². The van der Waals surface area contributed by atoms with Crippen molar-refractivity contribution in [3.8, 4) is 0 Å². The highest BCUT2D eigenvalue weighted by atomic mass is 35.5. The second-order valence-corrected chi connectivity index (χ2v) is 7.66. The molecule has 0 aliphatic heterocycles. The molecule has 0 atom stereocenters. The Balaban J connectivity index is 1.91. The summed E-state index contributed by atoms with van der Waals surface area (Å²) in [4.78, 5) is 17.6. The molecule has 3 aromatic rings. The predicted octanol–water partition coefficient (Wildman–Crippen LogP) is 4.76. The summed E-state index contributed by atoms with van der Waals surface area (Å²) in [7, 11) is 0. The van der Waals surface area contributed by atoms with Crippen molar-refractivity contribution in [2.75, 3.05) is 13.2 Å². The van der Waals surface area contributed by atoms with Crippen LogP contribution in [0.3, 0.4) is 0 Å². The smallest absolute Gasteiger partial charge is 0.248 e. The summed E-state index contributed by atoms with van der Waals surface area (Å²) in [5.41, 5.74) is 3.17. The van der Waals surface area contributed by atoms with Gasteiger partial charge in [-0.2, -0.15) is 4.99 Å². The minimum absolute atomic E-state index is 0.112. The van der Waals surface area contributed by atoms with Gasteiger partial charge in [0.15, 0.2) is 4.80 Å². The maximum atomic E-state index is 12.5. The van der Waals surface area contributed by atoms with Crippen LogP contribution in [0, 0.1) is 6.92 Å². The van der Waals surface area contributed by atoms with Crippen molar-refractivity contribution >= 4 is 39.1 Å². The first-order valence-electron chi connectivity index (χ1n) is 9.07. The molecule has 142 valence electrons. The van der Waals surface area contributed by atoms with E-state index in [-0.39, 0.29) is 5.91 Å². The second kappa shape index (κ2) is 9.31. The van der Waals surface area contributed by atoms with Gasteiger partial charge >= 0.3 is 0 Å². The Bertz CT molecular complexity index is 993. The van der Waals surface area contributed by atoms with Crippen LogP contribution in [0.25, 0.3) is 10.2 Å². The van der Waals surface area contributed by atoms with Crippen molar-refractivity contribution < 1.29 is 9.53 Å². The number of fused-ring (bicyclic) bond motifs is 1. The summed E-state index contributed by atoms with van der Waals surface area (Å²) < 4.78 is 8.64. The number of aromatic nitrogens is 1. The number of hydrogen-bond acceptors (Lipinski definition) is 3. The average molecular weight is 403 g/mol. The standard InChI is InChI=1S/C21H23ClN2O2S/c1-3-26-14-13-24-20-15(2)17(22)10-11-18(20)27-21(24)23-19(25)12-9-16-7-5-4-6-8-16/h4-8,10-11H,3,9,12-14H2,1-2H3. The lowest BCUT2D eigenvalue weighted by Gasteiger charge is -2.08. The molecular weight excluding hydrogens is 380 g/mol. The maximum Gasteiger partial charge on any atom is 0.248 e. The molecule has 27 heavy (non-hydrogen) atoms. The Morgan fingerprint density at radius 3 is 2.74 bits per heavy atom. The van der Waals surface area contributed by atoms with Crippen LogP contribution in [0.4, 0.5) is 0 Å². The lowest BCUT2D eigenvalue weighted by Crippen LogP contribution is -2.20. The minimum Gasteiger partial charge on any atom is -0.380 e. The van der Waals surface area contributed by atoms with E-state index in [0.717, 1.165) is 21.3 Å². The summed E-state index contributed by atoms with van der Waals surface area (Å²) in [5.74, 6) is -0.112. The van der Waals surface area contributed by atoms with Crippen molar-refractivity contribution in [1.82, 2.24) is 4.57 Å². The molecule has 4 nitrogen and oxygen atoms in total. The quantitative estimate of drug-likeness (QED) is 0.534. The van der Waals surface area contributed by atoms with E-state index < -0.39 is 0 Å². The topological polar surface area (TPSA) is 43.6 Å². The Hall–Kier alpha value is -1.95. The van der Waals surface area contributed by atoms with E-state index in [1.165, 1.54) is 11.3 Å². The van der Waals surface area contributed by atoms with Gasteiger partial charge in [-0.15, -0.1) is 0 Å². The van der Waals surface area contributed by atoms with Gasteiger partial charge < -0.3 is 9.30 Å². The van der Waals surface area contributed by atoms with Gasteiger partial charge in [-0.1, -0.05) is 53.3 Å². The van der Waals surface area contributed by atoms with Crippen molar-refractivity contribution in [2.45, 2.75) is 33.2 Å². The van der Waals surface area contributed by atoms with E-state index in [2.05, 4.69) is 9.56 Å². The molecule has 6 heteroatoms. The Morgan fingerprint density at radius 1 is 1.22 bits per heavy atom. The first-order chi connectivity index (χ1) is 13.1. The lowest BCUT2D eigenvalue weighted by atomic mass is 10.1. The highest BCUT2D eigenvalue weighted by molar-refractivity contribution is 7.16. The molecule has 0 spiro atoms. The molecule has 0 aliphatic rings. The molecule has 0 saturated carbocycles. The number of nitrogens with zero attached hydrogens (tertiary/aromatic N) is 2. The van der Waals surface area contributed by atoms with E-state index in [0.29, 0.717) is 42.4 Å². The van der Waals surface area contributed by atoms with E-state index in [1.807, 2.05) is 56.3 Å². The summed E-state index contributed by atoms with van der Waals surface area (Å²) >= 11 is 7.83. The van der Waals surface area contributed by atoms with Crippen LogP contribution in [0.5, 0.6) is 0 Å². The largest absolute Gasteiger partial charge is 0.380 e. The summed E-state index contributed by atoms with van der Waals surface area (Å²) in [5, 5.41) is 0.715. The number of aryl methyl sites for hydroxylation is 2. The van der Waals surface area contributed by atoms with Gasteiger partial charge in [0.05, 0.1) is 16.8 Å². The van der Waals surface area contributed by atoms with Gasteiger partial charge in [-0.3, -0.25) is 4.79 Å². The summed E-state index contributed by atoms with van der Waals surface area (Å²) in [6.07, 6.45) is 1.08. The first-order valence-corrected chi connectivity index (χ1v) is 10.3. The van der Waals surface area contributed by atoms with Crippen LogP contribution >= 0.6 is 22.9 Å². The fourth-order valence-electron chi connectivity index (χ4n) is 2.97. The van der Waals surface area contributed by atoms with E-state index in [9.17, 15) is 4.79 Å². The van der Waals surface area contributed by atoms with Gasteiger partial charge in [0.25, 0.3) is 0 Å². The molecule has 0 N–H and O–H groups in total. The molecule has 0 unspecified atom stereocenters. The highest BCUT2D eigenvalue weighted by Gasteiger charge is 2.12. The number of benzene rings is 2. The molecule has 0 bridgehead atoms. The second-order valence-electron chi connectivity index (χ2n) is 6.24. The van der Waals surface area contributed by atoms with Gasteiger partial charge in [0, 0.05) is 24.6 Å². The number of halogens is 1. The number of carbonyl (C=O) groups is 1. The Morgan fingerprint density at radius 2 is 2.00 bits per heavy atom. The monoisotopic (exact) mass is 402 g/mol. The van der Waals surface area contributed by atoms with Crippen LogP contribution in [0.2, 0.25) is 5.02 Å². The SMILES string of the molecule is CCOCCn1c(=NC(=O)CCc2ccccc2)sc2ccc(Cl)c(C)c21. The summed E-state index contributed by atoms with van der Waals surface area (Å²) in [6, 6.07) is 13.9. The van der Waals surface area contributed by atoms with Gasteiger partial charge in [0.1, 0.15) is 0 Å². The Labute approximate surface area is 168 Å². The van der Waals surface area contributed by atoms with Crippen LogP contribution in [0.15, 0.2) is 47.5 Å². The highest BCUT2D eigenvalue weighted by Crippen LogP contribution is 2.27. The van der Waals surface area contributed by atoms with Crippen LogP contribution in [0.1, 0.15) is 24.5 Å². The fraction of sp³-hybridized carbons (Fsp3) is 0.333. The Kier molecular flexibility index (Phi) is 6.83. The molecule has 3 rings (SSSR count). The third-order valence-electron chi connectivity index (χ3n) is 4.38. The zero-order valence-corrected chi connectivity index (χ0v) is 17.1. The number of rotatable bonds is 7. The van der Waals surface area contributed by atoms with E-state index in [4.69, 9.17) is 16.3 Å². The van der Waals surface area contributed by atoms with Crippen molar-refractivity contribution in [3.63, 3.8) is 0 Å². The van der Waals surface area contributed by atoms with E-state index in [1.54, 1.807) is 0 Å². The molecular formula is C21H23ClN2O2S. The van der Waals surface area contributed by atoms with Crippen molar-refractivity contribution in [1.29, 1.82) is 0 Å². The molecule has 0 aliphatic carbocycles. The predicted molar refractivity (Wildman–Crippen MR) is 111 cm³/mol. The van der Waals surface area contributed by atoms with Gasteiger partial charge in [-0.25, -0.2) is 0 Å². The maximum absolute atomic E-state index is 12.5. The molecule has 1 aromatic heterocycles. The van der Waals surface area contributed by atoms with Gasteiger partial charge in [0.2, 0.25) is 5.91 Å². The fourth-order valence-corrected chi connectivity index (χ4v) is 4.25.